The Hall–Kier alpha value is -3.11. The van der Waals surface area contributed by atoms with Crippen LogP contribution in [0.4, 0.5) is 10.8 Å². The highest BCUT2D eigenvalue weighted by molar-refractivity contribution is 7.98. The average Bonchev–Trinajstić information content (AvgIpc) is 3.48. The first-order valence-electron chi connectivity index (χ1n) is 9.28. The number of hydrogen-bond donors (Lipinski definition) is 1. The van der Waals surface area contributed by atoms with Crippen molar-refractivity contribution in [2.24, 2.45) is 0 Å². The molecule has 4 aromatic rings. The topological polar surface area (TPSA) is 103 Å². The number of nitrogen functional groups attached to an aromatic ring is 1. The standard InChI is InChI=1S/C20H20N6O2S2/c1-3-14-7-4-5-8-16(14)25(13(2)27)19-22-15(11-29-19)12-30-20-24-23-18(26(20)21)17-9-6-10-28-17/h4-11H,3,12,21H2,1-2H3. The number of aryl methyl sites for hydroxylation is 1. The molecule has 0 saturated heterocycles. The lowest BCUT2D eigenvalue weighted by atomic mass is 10.1. The molecule has 3 heterocycles. The SMILES string of the molecule is CCc1ccccc1N(C(C)=O)c1nc(CSc2nnc(-c3ccco3)n2N)cs1. The molecule has 0 unspecified atom stereocenters. The maximum absolute atomic E-state index is 12.4. The van der Waals surface area contributed by atoms with Crippen LogP contribution >= 0.6 is 23.1 Å². The normalized spacial score (nSPS) is 11.0. The number of nitrogens with zero attached hydrogens (tertiary/aromatic N) is 5. The summed E-state index contributed by atoms with van der Waals surface area (Å²) in [6.07, 6.45) is 2.39. The maximum atomic E-state index is 12.4. The van der Waals surface area contributed by atoms with Gasteiger partial charge in [-0.2, -0.15) is 0 Å². The monoisotopic (exact) mass is 440 g/mol. The molecule has 3 aromatic heterocycles. The van der Waals surface area contributed by atoms with Crippen LogP contribution in [0.3, 0.4) is 0 Å². The van der Waals surface area contributed by atoms with Crippen LogP contribution in [0, 0.1) is 0 Å². The molecule has 10 heteroatoms. The summed E-state index contributed by atoms with van der Waals surface area (Å²) in [6, 6.07) is 11.4. The van der Waals surface area contributed by atoms with Crippen molar-refractivity contribution in [1.29, 1.82) is 0 Å². The minimum Gasteiger partial charge on any atom is -0.461 e. The number of thioether (sulfide) groups is 1. The molecule has 0 aliphatic carbocycles. The van der Waals surface area contributed by atoms with E-state index in [4.69, 9.17) is 10.3 Å². The fraction of sp³-hybridized carbons (Fsp3) is 0.200. The van der Waals surface area contributed by atoms with E-state index in [1.54, 1.807) is 30.2 Å². The van der Waals surface area contributed by atoms with Crippen LogP contribution in [0.15, 0.2) is 57.6 Å². The number of benzene rings is 1. The second-order valence-corrected chi connectivity index (χ2v) is 8.18. The Morgan fingerprint density at radius 3 is 2.83 bits per heavy atom. The summed E-state index contributed by atoms with van der Waals surface area (Å²) in [7, 11) is 0. The highest BCUT2D eigenvalue weighted by atomic mass is 32.2. The van der Waals surface area contributed by atoms with Crippen LogP contribution in [0.2, 0.25) is 0 Å². The number of thiazole rings is 1. The molecule has 0 radical (unpaired) electrons. The van der Waals surface area contributed by atoms with Gasteiger partial charge in [-0.05, 0) is 30.2 Å². The fourth-order valence-electron chi connectivity index (χ4n) is 2.99. The van der Waals surface area contributed by atoms with Crippen molar-refractivity contribution in [2.75, 3.05) is 10.7 Å². The van der Waals surface area contributed by atoms with Gasteiger partial charge in [-0.3, -0.25) is 9.69 Å². The first-order valence-corrected chi connectivity index (χ1v) is 11.1. The van der Waals surface area contributed by atoms with Crippen LogP contribution in [0.5, 0.6) is 0 Å². The number of amides is 1. The molecule has 1 aromatic carbocycles. The molecular weight excluding hydrogens is 420 g/mol. The lowest BCUT2D eigenvalue weighted by Gasteiger charge is -2.20. The van der Waals surface area contributed by atoms with E-state index in [2.05, 4.69) is 22.1 Å². The number of aromatic nitrogens is 4. The second kappa shape index (κ2) is 8.72. The molecule has 8 nitrogen and oxygen atoms in total. The van der Waals surface area contributed by atoms with Crippen molar-refractivity contribution >= 4 is 39.8 Å². The summed E-state index contributed by atoms with van der Waals surface area (Å²) in [6.45, 7) is 3.62. The Morgan fingerprint density at radius 1 is 1.27 bits per heavy atom. The van der Waals surface area contributed by atoms with Gasteiger partial charge in [0.2, 0.25) is 16.9 Å². The summed E-state index contributed by atoms with van der Waals surface area (Å²) < 4.78 is 6.73. The van der Waals surface area contributed by atoms with Gasteiger partial charge in [-0.1, -0.05) is 36.9 Å². The van der Waals surface area contributed by atoms with E-state index in [9.17, 15) is 4.79 Å². The first kappa shape index (κ1) is 20.2. The molecule has 2 N–H and O–H groups in total. The Labute approximate surface area is 181 Å². The molecule has 0 spiro atoms. The zero-order valence-electron chi connectivity index (χ0n) is 16.5. The van der Waals surface area contributed by atoms with Gasteiger partial charge in [0.1, 0.15) is 0 Å². The number of anilines is 2. The molecule has 4 rings (SSSR count). The molecule has 1 amide bonds. The summed E-state index contributed by atoms with van der Waals surface area (Å²) in [4.78, 5) is 18.7. The molecule has 0 bridgehead atoms. The minimum absolute atomic E-state index is 0.0748. The van der Waals surface area contributed by atoms with Crippen molar-refractivity contribution in [3.8, 4) is 11.6 Å². The fourth-order valence-corrected chi connectivity index (χ4v) is 4.72. The number of furan rings is 1. The third-order valence-corrected chi connectivity index (χ3v) is 6.27. The van der Waals surface area contributed by atoms with Gasteiger partial charge in [0.15, 0.2) is 10.9 Å². The summed E-state index contributed by atoms with van der Waals surface area (Å²) in [5.74, 6) is 7.59. The lowest BCUT2D eigenvalue weighted by Crippen LogP contribution is -2.23. The predicted octanol–water partition coefficient (Wildman–Crippen LogP) is 4.25. The summed E-state index contributed by atoms with van der Waals surface area (Å²) >= 11 is 2.85. The van der Waals surface area contributed by atoms with Gasteiger partial charge in [-0.15, -0.1) is 21.5 Å². The highest BCUT2D eigenvalue weighted by Gasteiger charge is 2.21. The third kappa shape index (κ3) is 3.96. The predicted molar refractivity (Wildman–Crippen MR) is 118 cm³/mol. The number of carbonyl (C=O) groups excluding carboxylic acids is 1. The average molecular weight is 441 g/mol. The smallest absolute Gasteiger partial charge is 0.230 e. The molecule has 0 aliphatic rings. The van der Waals surface area contributed by atoms with Crippen molar-refractivity contribution < 1.29 is 9.21 Å². The number of rotatable bonds is 7. The van der Waals surface area contributed by atoms with Gasteiger partial charge >= 0.3 is 0 Å². The largest absolute Gasteiger partial charge is 0.461 e. The quantitative estimate of drug-likeness (QED) is 0.338. The summed E-state index contributed by atoms with van der Waals surface area (Å²) in [5, 5.41) is 11.4. The van der Waals surface area contributed by atoms with Crippen LogP contribution in [-0.4, -0.2) is 25.8 Å². The molecule has 154 valence electrons. The van der Waals surface area contributed by atoms with Gasteiger partial charge < -0.3 is 10.3 Å². The van der Waals surface area contributed by atoms with Gasteiger partial charge in [0.25, 0.3) is 0 Å². The lowest BCUT2D eigenvalue weighted by molar-refractivity contribution is -0.115. The Balaban J connectivity index is 1.52. The zero-order valence-corrected chi connectivity index (χ0v) is 18.1. The number of nitrogens with two attached hydrogens (primary N) is 1. The molecule has 0 atom stereocenters. The van der Waals surface area contributed by atoms with E-state index in [1.165, 1.54) is 27.8 Å². The first-order chi connectivity index (χ1) is 14.6. The highest BCUT2D eigenvalue weighted by Crippen LogP contribution is 2.33. The van der Waals surface area contributed by atoms with Crippen molar-refractivity contribution in [1.82, 2.24) is 19.9 Å². The Morgan fingerprint density at radius 2 is 2.10 bits per heavy atom. The summed E-state index contributed by atoms with van der Waals surface area (Å²) in [5.41, 5.74) is 2.80. The van der Waals surface area contributed by atoms with Crippen molar-refractivity contribution in [3.05, 3.63) is 59.3 Å². The van der Waals surface area contributed by atoms with Crippen molar-refractivity contribution in [3.63, 3.8) is 0 Å². The molecule has 0 saturated carbocycles. The third-order valence-electron chi connectivity index (χ3n) is 4.41. The minimum atomic E-state index is -0.0748. The van der Waals surface area contributed by atoms with E-state index in [0.717, 1.165) is 23.4 Å². The van der Waals surface area contributed by atoms with E-state index in [1.807, 2.05) is 29.6 Å². The Bertz CT molecular complexity index is 1150. The van der Waals surface area contributed by atoms with Gasteiger partial charge in [0.05, 0.1) is 17.6 Å². The van der Waals surface area contributed by atoms with Crippen LogP contribution in [0.25, 0.3) is 11.6 Å². The molecule has 0 aliphatic heterocycles. The van der Waals surface area contributed by atoms with E-state index in [0.29, 0.717) is 27.6 Å². The van der Waals surface area contributed by atoms with E-state index < -0.39 is 0 Å². The molecule has 30 heavy (non-hydrogen) atoms. The zero-order chi connectivity index (χ0) is 21.1. The maximum Gasteiger partial charge on any atom is 0.230 e. The molecule has 0 fully saturated rings. The van der Waals surface area contributed by atoms with Gasteiger partial charge in [0, 0.05) is 18.1 Å². The van der Waals surface area contributed by atoms with Gasteiger partial charge in [-0.25, -0.2) is 9.66 Å². The van der Waals surface area contributed by atoms with E-state index in [-0.39, 0.29) is 5.91 Å². The van der Waals surface area contributed by atoms with Crippen molar-refractivity contribution in [2.45, 2.75) is 31.2 Å². The van der Waals surface area contributed by atoms with E-state index >= 15 is 0 Å². The van der Waals surface area contributed by atoms with Crippen LogP contribution in [-0.2, 0) is 17.0 Å². The Kier molecular flexibility index (Phi) is 5.86. The second-order valence-electron chi connectivity index (χ2n) is 6.40. The van der Waals surface area contributed by atoms with Crippen LogP contribution in [0.1, 0.15) is 25.1 Å². The van der Waals surface area contributed by atoms with Crippen LogP contribution < -0.4 is 10.7 Å². The number of hydrogen-bond acceptors (Lipinski definition) is 8. The number of carbonyl (C=O) groups is 1. The number of para-hydroxylation sites is 1. The molecular formula is C20H20N6O2S2.